The average Bonchev–Trinajstić information content (AvgIpc) is 2.37. The number of rotatable bonds is 3. The van der Waals surface area contributed by atoms with E-state index in [2.05, 4.69) is 10.3 Å². The Bertz CT molecular complexity index is 599. The zero-order chi connectivity index (χ0) is 13.8. The first-order valence-electron chi connectivity index (χ1n) is 5.50. The zero-order valence-electron chi connectivity index (χ0n) is 9.86. The van der Waals surface area contributed by atoms with Crippen LogP contribution in [0.3, 0.4) is 0 Å². The van der Waals surface area contributed by atoms with Gasteiger partial charge in [-0.3, -0.25) is 4.79 Å². The number of nitrogens with zero attached hydrogens (tertiary/aromatic N) is 1. The quantitative estimate of drug-likeness (QED) is 0.891. The first-order chi connectivity index (χ1) is 9.04. The van der Waals surface area contributed by atoms with Gasteiger partial charge in [0.05, 0.1) is 18.3 Å². The minimum absolute atomic E-state index is 0.0540. The van der Waals surface area contributed by atoms with Crippen molar-refractivity contribution in [2.24, 2.45) is 0 Å². The van der Waals surface area contributed by atoms with Crippen LogP contribution >= 0.6 is 0 Å². The number of nitrogens with two attached hydrogens (primary N) is 1. The van der Waals surface area contributed by atoms with Gasteiger partial charge in [0.1, 0.15) is 5.82 Å². The lowest BCUT2D eigenvalue weighted by atomic mass is 10.1. The third-order valence-corrected chi connectivity index (χ3v) is 2.42. The van der Waals surface area contributed by atoms with Crippen LogP contribution in [0.1, 0.15) is 5.56 Å². The highest BCUT2D eigenvalue weighted by Gasteiger charge is 2.07. The summed E-state index contributed by atoms with van der Waals surface area (Å²) in [5.41, 5.74) is 6.29. The number of amides is 1. The smallest absolute Gasteiger partial charge is 0.228 e. The minimum Gasteiger partial charge on any atom is -0.384 e. The fourth-order valence-corrected chi connectivity index (χ4v) is 1.52. The van der Waals surface area contributed by atoms with Gasteiger partial charge < -0.3 is 11.1 Å². The molecule has 1 amide bonds. The molecule has 0 saturated carbocycles. The van der Waals surface area contributed by atoms with Gasteiger partial charge in [-0.15, -0.1) is 0 Å². The van der Waals surface area contributed by atoms with Gasteiger partial charge in [0.25, 0.3) is 0 Å². The summed E-state index contributed by atoms with van der Waals surface area (Å²) >= 11 is 0. The molecule has 4 nitrogen and oxygen atoms in total. The van der Waals surface area contributed by atoms with Crippen molar-refractivity contribution in [3.8, 4) is 0 Å². The highest BCUT2D eigenvalue weighted by molar-refractivity contribution is 5.92. The van der Waals surface area contributed by atoms with Gasteiger partial charge in [0.15, 0.2) is 11.6 Å². The number of hydrogen-bond donors (Lipinski definition) is 2. The lowest BCUT2D eigenvalue weighted by Crippen LogP contribution is -2.14. The molecule has 0 aliphatic carbocycles. The number of pyridine rings is 1. The summed E-state index contributed by atoms with van der Waals surface area (Å²) in [7, 11) is 0. The molecule has 2 aromatic rings. The molecule has 19 heavy (non-hydrogen) atoms. The third-order valence-electron chi connectivity index (χ3n) is 2.42. The third kappa shape index (κ3) is 3.48. The highest BCUT2D eigenvalue weighted by atomic mass is 19.2. The van der Waals surface area contributed by atoms with Gasteiger partial charge in [-0.05, 0) is 29.8 Å². The van der Waals surface area contributed by atoms with Crippen LogP contribution in [0.2, 0.25) is 0 Å². The first-order valence-corrected chi connectivity index (χ1v) is 5.50. The summed E-state index contributed by atoms with van der Waals surface area (Å²) in [6.07, 6.45) is 1.36. The Balaban J connectivity index is 2.01. The summed E-state index contributed by atoms with van der Waals surface area (Å²) < 4.78 is 25.7. The number of carbonyl (C=O) groups is 1. The van der Waals surface area contributed by atoms with Crippen molar-refractivity contribution >= 4 is 17.4 Å². The second kappa shape index (κ2) is 5.43. The van der Waals surface area contributed by atoms with Crippen LogP contribution in [-0.4, -0.2) is 10.9 Å². The van der Waals surface area contributed by atoms with E-state index >= 15 is 0 Å². The maximum absolute atomic E-state index is 13.0. The topological polar surface area (TPSA) is 68.0 Å². The van der Waals surface area contributed by atoms with E-state index in [0.717, 1.165) is 12.1 Å². The maximum atomic E-state index is 13.0. The highest BCUT2D eigenvalue weighted by Crippen LogP contribution is 2.11. The molecule has 98 valence electrons. The molecule has 0 saturated heterocycles. The number of nitrogens with one attached hydrogen (secondary N) is 1. The van der Waals surface area contributed by atoms with E-state index in [9.17, 15) is 13.6 Å². The first kappa shape index (κ1) is 12.9. The van der Waals surface area contributed by atoms with Gasteiger partial charge in [0, 0.05) is 0 Å². The second-order valence-electron chi connectivity index (χ2n) is 3.95. The largest absolute Gasteiger partial charge is 0.384 e. The van der Waals surface area contributed by atoms with Crippen LogP contribution in [0.5, 0.6) is 0 Å². The summed E-state index contributed by atoms with van der Waals surface area (Å²) in [4.78, 5) is 15.5. The van der Waals surface area contributed by atoms with Crippen LogP contribution in [0.4, 0.5) is 20.3 Å². The number of anilines is 2. The van der Waals surface area contributed by atoms with Crippen LogP contribution < -0.4 is 11.1 Å². The lowest BCUT2D eigenvalue weighted by Gasteiger charge is -2.05. The predicted octanol–water partition coefficient (Wildman–Crippen LogP) is 2.12. The number of aromatic nitrogens is 1. The standard InChI is InChI=1S/C13H11F2N3O/c14-10-3-1-8(5-11(10)15)6-13(19)18-9-2-4-12(16)17-7-9/h1-5,7H,6H2,(H2,16,17)(H,18,19). The van der Waals surface area contributed by atoms with Crippen molar-refractivity contribution in [3.05, 3.63) is 53.7 Å². The molecule has 1 heterocycles. The number of halogens is 2. The Hall–Kier alpha value is -2.50. The van der Waals surface area contributed by atoms with E-state index in [0.29, 0.717) is 17.1 Å². The van der Waals surface area contributed by atoms with Crippen molar-refractivity contribution in [2.45, 2.75) is 6.42 Å². The Morgan fingerprint density at radius 2 is 2.00 bits per heavy atom. The molecule has 1 aromatic heterocycles. The van der Waals surface area contributed by atoms with E-state index in [1.54, 1.807) is 12.1 Å². The van der Waals surface area contributed by atoms with Crippen LogP contribution in [0, 0.1) is 11.6 Å². The van der Waals surface area contributed by atoms with E-state index in [1.807, 2.05) is 0 Å². The van der Waals surface area contributed by atoms with Gasteiger partial charge in [-0.1, -0.05) is 6.07 Å². The van der Waals surface area contributed by atoms with Crippen molar-refractivity contribution < 1.29 is 13.6 Å². The minimum atomic E-state index is -0.973. The van der Waals surface area contributed by atoms with Crippen LogP contribution in [-0.2, 0) is 11.2 Å². The van der Waals surface area contributed by atoms with Crippen molar-refractivity contribution in [1.29, 1.82) is 0 Å². The summed E-state index contributed by atoms with van der Waals surface area (Å²) in [6, 6.07) is 6.50. The molecule has 0 radical (unpaired) electrons. The molecule has 0 bridgehead atoms. The van der Waals surface area contributed by atoms with E-state index < -0.39 is 11.6 Å². The molecule has 0 spiro atoms. The van der Waals surface area contributed by atoms with E-state index in [-0.39, 0.29) is 12.3 Å². The summed E-state index contributed by atoms with van der Waals surface area (Å²) in [6.45, 7) is 0. The summed E-state index contributed by atoms with van der Waals surface area (Å²) in [5.74, 6) is -1.91. The number of hydrogen-bond acceptors (Lipinski definition) is 3. The average molecular weight is 263 g/mol. The molecule has 2 rings (SSSR count). The van der Waals surface area contributed by atoms with Crippen LogP contribution in [0.15, 0.2) is 36.5 Å². The van der Waals surface area contributed by atoms with Crippen LogP contribution in [0.25, 0.3) is 0 Å². The fraction of sp³-hybridized carbons (Fsp3) is 0.0769. The normalized spacial score (nSPS) is 10.2. The van der Waals surface area contributed by atoms with Crippen molar-refractivity contribution in [1.82, 2.24) is 4.98 Å². The predicted molar refractivity (Wildman–Crippen MR) is 67.3 cm³/mol. The molecule has 6 heteroatoms. The van der Waals surface area contributed by atoms with Crippen molar-refractivity contribution in [2.75, 3.05) is 11.1 Å². The van der Waals surface area contributed by atoms with E-state index in [1.165, 1.54) is 12.3 Å². The van der Waals surface area contributed by atoms with E-state index in [4.69, 9.17) is 5.73 Å². The zero-order valence-corrected chi connectivity index (χ0v) is 9.86. The molecule has 0 fully saturated rings. The molecular formula is C13H11F2N3O. The SMILES string of the molecule is Nc1ccc(NC(=O)Cc2ccc(F)c(F)c2)cn1. The van der Waals surface area contributed by atoms with Gasteiger partial charge >= 0.3 is 0 Å². The van der Waals surface area contributed by atoms with Gasteiger partial charge in [0.2, 0.25) is 5.91 Å². The molecule has 3 N–H and O–H groups in total. The number of benzene rings is 1. The summed E-state index contributed by atoms with van der Waals surface area (Å²) in [5, 5.41) is 2.58. The second-order valence-corrected chi connectivity index (χ2v) is 3.95. The van der Waals surface area contributed by atoms with Gasteiger partial charge in [-0.2, -0.15) is 0 Å². The Labute approximate surface area is 108 Å². The van der Waals surface area contributed by atoms with Crippen molar-refractivity contribution in [3.63, 3.8) is 0 Å². The molecule has 1 aromatic carbocycles. The van der Waals surface area contributed by atoms with Gasteiger partial charge in [-0.25, -0.2) is 13.8 Å². The molecule has 0 unspecified atom stereocenters. The molecule has 0 aliphatic rings. The molecular weight excluding hydrogens is 252 g/mol. The number of carbonyl (C=O) groups excluding carboxylic acids is 1. The fourth-order valence-electron chi connectivity index (χ4n) is 1.52. The Morgan fingerprint density at radius 1 is 1.21 bits per heavy atom. The Morgan fingerprint density at radius 3 is 2.63 bits per heavy atom. The monoisotopic (exact) mass is 263 g/mol. The Kier molecular flexibility index (Phi) is 3.70. The molecule has 0 atom stereocenters. The molecule has 0 aliphatic heterocycles. The maximum Gasteiger partial charge on any atom is 0.228 e. The lowest BCUT2D eigenvalue weighted by molar-refractivity contribution is -0.115. The number of nitrogen functional groups attached to an aromatic ring is 1.